The van der Waals surface area contributed by atoms with E-state index in [0.717, 1.165) is 25.1 Å². The van der Waals surface area contributed by atoms with Crippen LogP contribution >= 0.6 is 0 Å². The van der Waals surface area contributed by atoms with Gasteiger partial charge in [-0.3, -0.25) is 0 Å². The van der Waals surface area contributed by atoms with Crippen LogP contribution in [0, 0.1) is 0 Å². The summed E-state index contributed by atoms with van der Waals surface area (Å²) in [4.78, 5) is 0. The van der Waals surface area contributed by atoms with Gasteiger partial charge in [0.25, 0.3) is 0 Å². The molecule has 3 unspecified atom stereocenters. The highest BCUT2D eigenvalue weighted by atomic mass is 19.4. The van der Waals surface area contributed by atoms with Crippen molar-refractivity contribution in [2.75, 3.05) is 13.2 Å². The third kappa shape index (κ3) is 3.89. The number of hydrogen-bond donors (Lipinski definition) is 1. The molecule has 0 bridgehead atoms. The highest BCUT2D eigenvalue weighted by molar-refractivity contribution is 5.30. The summed E-state index contributed by atoms with van der Waals surface area (Å²) in [5, 5.41) is 3.28. The number of nitrogens with one attached hydrogen (secondary N) is 1. The fourth-order valence-electron chi connectivity index (χ4n) is 2.50. The standard InChI is InChI=1S/C15H20F3NO2/c1-3-19-12-9-13(14(12)20-4-2)21-11-7-5-6-10(8-11)15(16,17)18/h5-8,12-14,19H,3-4,9H2,1-2H3. The van der Waals surface area contributed by atoms with E-state index in [-0.39, 0.29) is 24.0 Å². The molecule has 1 aliphatic rings. The molecule has 0 spiro atoms. The molecular formula is C15H20F3NO2. The first kappa shape index (κ1) is 16.1. The molecule has 1 aliphatic carbocycles. The van der Waals surface area contributed by atoms with Crippen molar-refractivity contribution in [2.45, 2.75) is 44.7 Å². The smallest absolute Gasteiger partial charge is 0.416 e. The zero-order valence-electron chi connectivity index (χ0n) is 12.1. The highest BCUT2D eigenvalue weighted by Crippen LogP contribution is 2.34. The summed E-state index contributed by atoms with van der Waals surface area (Å²) >= 11 is 0. The Hall–Kier alpha value is -1.27. The number of halogens is 3. The van der Waals surface area contributed by atoms with Crippen molar-refractivity contribution in [3.63, 3.8) is 0 Å². The number of likely N-dealkylation sites (N-methyl/N-ethyl adjacent to an activating group) is 1. The van der Waals surface area contributed by atoms with Crippen LogP contribution < -0.4 is 10.1 Å². The normalized spacial score (nSPS) is 25.5. The van der Waals surface area contributed by atoms with E-state index < -0.39 is 11.7 Å². The summed E-state index contributed by atoms with van der Waals surface area (Å²) < 4.78 is 49.3. The van der Waals surface area contributed by atoms with E-state index in [9.17, 15) is 13.2 Å². The van der Waals surface area contributed by atoms with Crippen LogP contribution in [0.5, 0.6) is 5.75 Å². The molecule has 6 heteroatoms. The molecule has 3 nitrogen and oxygen atoms in total. The number of alkyl halides is 3. The molecule has 0 heterocycles. The van der Waals surface area contributed by atoms with Crippen molar-refractivity contribution in [1.82, 2.24) is 5.32 Å². The topological polar surface area (TPSA) is 30.5 Å². The van der Waals surface area contributed by atoms with E-state index in [0.29, 0.717) is 6.61 Å². The van der Waals surface area contributed by atoms with Crippen LogP contribution in [0.1, 0.15) is 25.8 Å². The number of ether oxygens (including phenoxy) is 2. The Labute approximate surface area is 122 Å². The second-order valence-electron chi connectivity index (χ2n) is 5.00. The Bertz CT molecular complexity index is 464. The number of hydrogen-bond acceptors (Lipinski definition) is 3. The van der Waals surface area contributed by atoms with Gasteiger partial charge in [-0.15, -0.1) is 0 Å². The van der Waals surface area contributed by atoms with E-state index >= 15 is 0 Å². The Morgan fingerprint density at radius 3 is 2.67 bits per heavy atom. The summed E-state index contributed by atoms with van der Waals surface area (Å²) in [5.74, 6) is 0.231. The summed E-state index contributed by atoms with van der Waals surface area (Å²) in [6.07, 6.45) is -3.96. The van der Waals surface area contributed by atoms with Gasteiger partial charge in [0.15, 0.2) is 0 Å². The lowest BCUT2D eigenvalue weighted by Gasteiger charge is -2.44. The van der Waals surface area contributed by atoms with Gasteiger partial charge in [0.1, 0.15) is 18.0 Å². The molecule has 1 saturated carbocycles. The van der Waals surface area contributed by atoms with E-state index in [1.807, 2.05) is 13.8 Å². The third-order valence-electron chi connectivity index (χ3n) is 3.52. The van der Waals surface area contributed by atoms with Crippen LogP contribution in [0.2, 0.25) is 0 Å². The molecule has 118 valence electrons. The van der Waals surface area contributed by atoms with Gasteiger partial charge in [-0.25, -0.2) is 0 Å². The predicted octanol–water partition coefficient (Wildman–Crippen LogP) is 3.24. The van der Waals surface area contributed by atoms with Crippen LogP contribution in [0.25, 0.3) is 0 Å². The van der Waals surface area contributed by atoms with Gasteiger partial charge >= 0.3 is 6.18 Å². The fraction of sp³-hybridized carbons (Fsp3) is 0.600. The first-order valence-corrected chi connectivity index (χ1v) is 7.14. The van der Waals surface area contributed by atoms with Crippen molar-refractivity contribution < 1.29 is 22.6 Å². The second-order valence-corrected chi connectivity index (χ2v) is 5.00. The predicted molar refractivity (Wildman–Crippen MR) is 73.4 cm³/mol. The lowest BCUT2D eigenvalue weighted by Crippen LogP contribution is -2.61. The Morgan fingerprint density at radius 1 is 1.29 bits per heavy atom. The molecule has 1 N–H and O–H groups in total. The van der Waals surface area contributed by atoms with Crippen molar-refractivity contribution in [3.8, 4) is 5.75 Å². The van der Waals surface area contributed by atoms with Crippen LogP contribution in [-0.2, 0) is 10.9 Å². The molecule has 21 heavy (non-hydrogen) atoms. The minimum atomic E-state index is -4.36. The molecule has 3 atom stereocenters. The average Bonchev–Trinajstić information content (AvgIpc) is 2.43. The Balaban J connectivity index is 2.01. The minimum Gasteiger partial charge on any atom is -0.488 e. The van der Waals surface area contributed by atoms with Crippen LogP contribution in [0.15, 0.2) is 24.3 Å². The SMILES string of the molecule is CCNC1CC(Oc2cccc(C(F)(F)F)c2)C1OCC. The lowest BCUT2D eigenvalue weighted by atomic mass is 9.85. The monoisotopic (exact) mass is 303 g/mol. The maximum atomic E-state index is 12.7. The van der Waals surface area contributed by atoms with Gasteiger partial charge in [0.05, 0.1) is 5.56 Å². The van der Waals surface area contributed by atoms with E-state index in [2.05, 4.69) is 5.32 Å². The molecule has 0 radical (unpaired) electrons. The summed E-state index contributed by atoms with van der Waals surface area (Å²) in [5.41, 5.74) is -0.699. The fourth-order valence-corrected chi connectivity index (χ4v) is 2.50. The van der Waals surface area contributed by atoms with Gasteiger partial charge in [0.2, 0.25) is 0 Å². The molecule has 2 rings (SSSR count). The molecule has 1 aromatic rings. The maximum Gasteiger partial charge on any atom is 0.416 e. The van der Waals surface area contributed by atoms with Crippen LogP contribution in [0.3, 0.4) is 0 Å². The molecule has 0 amide bonds. The van der Waals surface area contributed by atoms with Crippen molar-refractivity contribution in [2.24, 2.45) is 0 Å². The summed E-state index contributed by atoms with van der Waals surface area (Å²) in [6, 6.07) is 5.16. The van der Waals surface area contributed by atoms with Crippen molar-refractivity contribution in [1.29, 1.82) is 0 Å². The number of rotatable bonds is 6. The van der Waals surface area contributed by atoms with Crippen LogP contribution in [0.4, 0.5) is 13.2 Å². The first-order valence-electron chi connectivity index (χ1n) is 7.14. The molecule has 0 aromatic heterocycles. The number of benzene rings is 1. The second kappa shape index (κ2) is 6.66. The van der Waals surface area contributed by atoms with Crippen molar-refractivity contribution >= 4 is 0 Å². The van der Waals surface area contributed by atoms with Gasteiger partial charge in [-0.2, -0.15) is 13.2 Å². The molecule has 1 aromatic carbocycles. The van der Waals surface area contributed by atoms with E-state index in [1.54, 1.807) is 6.07 Å². The lowest BCUT2D eigenvalue weighted by molar-refractivity contribution is -0.138. The minimum absolute atomic E-state index is 0.121. The van der Waals surface area contributed by atoms with E-state index in [4.69, 9.17) is 9.47 Å². The maximum absolute atomic E-state index is 12.7. The average molecular weight is 303 g/mol. The third-order valence-corrected chi connectivity index (χ3v) is 3.52. The van der Waals surface area contributed by atoms with Crippen LogP contribution in [-0.4, -0.2) is 31.4 Å². The van der Waals surface area contributed by atoms with Gasteiger partial charge in [-0.1, -0.05) is 13.0 Å². The highest BCUT2D eigenvalue weighted by Gasteiger charge is 2.43. The zero-order chi connectivity index (χ0) is 15.5. The van der Waals surface area contributed by atoms with Gasteiger partial charge in [0, 0.05) is 19.1 Å². The van der Waals surface area contributed by atoms with Crippen molar-refractivity contribution in [3.05, 3.63) is 29.8 Å². The Morgan fingerprint density at radius 2 is 2.05 bits per heavy atom. The molecule has 1 fully saturated rings. The Kier molecular flexibility index (Phi) is 5.11. The molecular weight excluding hydrogens is 283 g/mol. The molecule has 0 saturated heterocycles. The zero-order valence-corrected chi connectivity index (χ0v) is 12.1. The largest absolute Gasteiger partial charge is 0.488 e. The van der Waals surface area contributed by atoms with E-state index in [1.165, 1.54) is 6.07 Å². The van der Waals surface area contributed by atoms with Gasteiger partial charge < -0.3 is 14.8 Å². The summed E-state index contributed by atoms with van der Waals surface area (Å²) in [7, 11) is 0. The van der Waals surface area contributed by atoms with Gasteiger partial charge in [-0.05, 0) is 31.7 Å². The summed E-state index contributed by atoms with van der Waals surface area (Å²) in [6.45, 7) is 5.27. The molecule has 0 aliphatic heterocycles. The quantitative estimate of drug-likeness (QED) is 0.875. The first-order chi connectivity index (χ1) is 9.95.